The Morgan fingerprint density at radius 3 is 1.92 bits per heavy atom. The SMILES string of the molecule is O=c1[nH]c(=O)c2[nH]c(=O)[nH]c2[nH]1.[B]. The lowest BCUT2D eigenvalue weighted by atomic mass is 10.5. The van der Waals surface area contributed by atoms with Gasteiger partial charge in [-0.2, -0.15) is 0 Å². The van der Waals surface area contributed by atoms with Gasteiger partial charge in [0.1, 0.15) is 11.2 Å². The summed E-state index contributed by atoms with van der Waals surface area (Å²) in [5, 5.41) is 0. The summed E-state index contributed by atoms with van der Waals surface area (Å²) in [6.07, 6.45) is 0. The van der Waals surface area contributed by atoms with Gasteiger partial charge >= 0.3 is 11.4 Å². The van der Waals surface area contributed by atoms with E-state index in [1.807, 2.05) is 4.98 Å². The molecule has 0 aliphatic rings. The highest BCUT2D eigenvalue weighted by Crippen LogP contribution is 1.88. The van der Waals surface area contributed by atoms with Crippen LogP contribution >= 0.6 is 0 Å². The number of H-pyrrole nitrogens is 4. The molecule has 0 aliphatic heterocycles. The van der Waals surface area contributed by atoms with Gasteiger partial charge in [-0.25, -0.2) is 9.59 Å². The third kappa shape index (κ3) is 1.33. The van der Waals surface area contributed by atoms with Crippen LogP contribution in [0, 0.1) is 0 Å². The molecule has 2 aromatic rings. The number of rotatable bonds is 0. The number of nitrogens with one attached hydrogen (secondary N) is 4. The average molecular weight is 179 g/mol. The first-order valence-electron chi connectivity index (χ1n) is 3.11. The van der Waals surface area contributed by atoms with Gasteiger partial charge in [0, 0.05) is 8.41 Å². The van der Waals surface area contributed by atoms with E-state index in [0.717, 1.165) is 0 Å². The van der Waals surface area contributed by atoms with Gasteiger partial charge in [-0.3, -0.25) is 24.7 Å². The fourth-order valence-corrected chi connectivity index (χ4v) is 0.958. The Hall–Kier alpha value is -1.99. The van der Waals surface area contributed by atoms with Gasteiger partial charge in [0.05, 0.1) is 0 Å². The molecule has 0 aliphatic carbocycles. The second-order valence-corrected chi connectivity index (χ2v) is 2.24. The molecule has 2 aromatic heterocycles. The minimum Gasteiger partial charge on any atom is -0.300 e. The highest BCUT2D eigenvalue weighted by Gasteiger charge is 2.02. The Balaban J connectivity index is 0.000000845. The van der Waals surface area contributed by atoms with Crippen LogP contribution in [-0.2, 0) is 0 Å². The van der Waals surface area contributed by atoms with Gasteiger partial charge in [-0.15, -0.1) is 0 Å². The molecule has 0 aromatic carbocycles. The third-order valence-electron chi connectivity index (χ3n) is 1.42. The number of aromatic amines is 4. The molecule has 0 saturated carbocycles. The molecule has 8 heteroatoms. The minimum absolute atomic E-state index is 0. The Kier molecular flexibility index (Phi) is 1.97. The van der Waals surface area contributed by atoms with Crippen LogP contribution in [0.4, 0.5) is 0 Å². The van der Waals surface area contributed by atoms with Gasteiger partial charge in [-0.05, 0) is 0 Å². The lowest BCUT2D eigenvalue weighted by Gasteiger charge is -1.83. The molecule has 7 nitrogen and oxygen atoms in total. The molecular weight excluding hydrogens is 175 g/mol. The van der Waals surface area contributed by atoms with Crippen LogP contribution in [0.5, 0.6) is 0 Å². The zero-order valence-corrected chi connectivity index (χ0v) is 6.30. The molecule has 0 amide bonds. The molecule has 3 radical (unpaired) electrons. The van der Waals surface area contributed by atoms with Crippen molar-refractivity contribution in [2.24, 2.45) is 0 Å². The van der Waals surface area contributed by atoms with E-state index in [0.29, 0.717) is 0 Å². The van der Waals surface area contributed by atoms with Crippen LogP contribution in [0.2, 0.25) is 0 Å². The monoisotopic (exact) mass is 179 g/mol. The van der Waals surface area contributed by atoms with E-state index in [1.165, 1.54) is 0 Å². The molecular formula is C5H4BN4O3. The van der Waals surface area contributed by atoms with Crippen LogP contribution < -0.4 is 16.9 Å². The van der Waals surface area contributed by atoms with Crippen molar-refractivity contribution < 1.29 is 0 Å². The second kappa shape index (κ2) is 2.81. The number of hydrogen-bond acceptors (Lipinski definition) is 3. The van der Waals surface area contributed by atoms with E-state index < -0.39 is 16.9 Å². The maximum absolute atomic E-state index is 10.9. The highest BCUT2D eigenvalue weighted by atomic mass is 16.2. The fourth-order valence-electron chi connectivity index (χ4n) is 0.958. The smallest absolute Gasteiger partial charge is 0.300 e. The predicted octanol–water partition coefficient (Wildman–Crippen LogP) is -2.15. The van der Waals surface area contributed by atoms with Crippen molar-refractivity contribution in [1.82, 2.24) is 19.9 Å². The summed E-state index contributed by atoms with van der Waals surface area (Å²) in [5.41, 5.74) is -1.65. The molecule has 2 heterocycles. The normalized spacial score (nSPS) is 9.85. The maximum Gasteiger partial charge on any atom is 0.327 e. The number of fused-ring (bicyclic) bond motifs is 1. The van der Waals surface area contributed by atoms with Crippen LogP contribution in [-0.4, -0.2) is 28.3 Å². The first-order valence-corrected chi connectivity index (χ1v) is 3.11. The quantitative estimate of drug-likeness (QED) is 0.345. The molecule has 65 valence electrons. The summed E-state index contributed by atoms with van der Waals surface area (Å²) in [5.74, 6) is 0. The van der Waals surface area contributed by atoms with Crippen LogP contribution in [0.3, 0.4) is 0 Å². The molecule has 0 fully saturated rings. The summed E-state index contributed by atoms with van der Waals surface area (Å²) < 4.78 is 0. The Morgan fingerprint density at radius 2 is 1.31 bits per heavy atom. The molecule has 0 bridgehead atoms. The number of hydrogen-bond donors (Lipinski definition) is 4. The van der Waals surface area contributed by atoms with Crippen LogP contribution in [0.25, 0.3) is 11.2 Å². The van der Waals surface area contributed by atoms with Crippen molar-refractivity contribution in [3.63, 3.8) is 0 Å². The number of aromatic nitrogens is 4. The van der Waals surface area contributed by atoms with E-state index in [9.17, 15) is 14.4 Å². The summed E-state index contributed by atoms with van der Waals surface area (Å²) >= 11 is 0. The summed E-state index contributed by atoms with van der Waals surface area (Å²) in [6, 6.07) is 0. The average Bonchev–Trinajstić information content (AvgIpc) is 2.29. The van der Waals surface area contributed by atoms with Gasteiger partial charge in [0.15, 0.2) is 0 Å². The maximum atomic E-state index is 10.9. The van der Waals surface area contributed by atoms with Crippen molar-refractivity contribution in [2.45, 2.75) is 0 Å². The summed E-state index contributed by atoms with van der Waals surface area (Å²) in [6.45, 7) is 0. The van der Waals surface area contributed by atoms with E-state index in [-0.39, 0.29) is 19.6 Å². The predicted molar refractivity (Wildman–Crippen MR) is 45.9 cm³/mol. The topological polar surface area (TPSA) is 114 Å². The van der Waals surface area contributed by atoms with Crippen molar-refractivity contribution in [3.8, 4) is 0 Å². The van der Waals surface area contributed by atoms with Crippen molar-refractivity contribution in [1.29, 1.82) is 0 Å². The van der Waals surface area contributed by atoms with Gasteiger partial charge < -0.3 is 0 Å². The van der Waals surface area contributed by atoms with E-state index in [2.05, 4.69) is 15.0 Å². The molecule has 0 atom stereocenters. The molecule has 2 rings (SSSR count). The zero-order valence-electron chi connectivity index (χ0n) is 6.30. The van der Waals surface area contributed by atoms with Crippen molar-refractivity contribution >= 4 is 19.6 Å². The molecule has 13 heavy (non-hydrogen) atoms. The van der Waals surface area contributed by atoms with E-state index in [4.69, 9.17) is 0 Å². The molecule has 0 spiro atoms. The van der Waals surface area contributed by atoms with E-state index >= 15 is 0 Å². The molecule has 0 unspecified atom stereocenters. The first kappa shape index (κ1) is 9.11. The highest BCUT2D eigenvalue weighted by molar-refractivity contribution is 5.75. The van der Waals surface area contributed by atoms with Crippen molar-refractivity contribution in [2.75, 3.05) is 0 Å². The van der Waals surface area contributed by atoms with Gasteiger partial charge in [0.25, 0.3) is 5.56 Å². The summed E-state index contributed by atoms with van der Waals surface area (Å²) in [4.78, 5) is 41.0. The minimum atomic E-state index is -0.650. The molecule has 0 saturated heterocycles. The fraction of sp³-hybridized carbons (Fsp3) is 0. The van der Waals surface area contributed by atoms with Crippen LogP contribution in [0.1, 0.15) is 0 Å². The standard InChI is InChI=1S/C5H4N4O3.B/c10-3-1-2(7-4(11)6-1)8-5(12)9-3;/h(H4,6,7,8,9,10,11,12);. The summed E-state index contributed by atoms with van der Waals surface area (Å²) in [7, 11) is 0. The van der Waals surface area contributed by atoms with Crippen molar-refractivity contribution in [3.05, 3.63) is 31.3 Å². The van der Waals surface area contributed by atoms with Gasteiger partial charge in [-0.1, -0.05) is 0 Å². The first-order chi connectivity index (χ1) is 5.66. The lowest BCUT2D eigenvalue weighted by molar-refractivity contribution is 1.07. The number of imidazole rings is 1. The Labute approximate surface area is 71.8 Å². The largest absolute Gasteiger partial charge is 0.327 e. The van der Waals surface area contributed by atoms with E-state index in [1.54, 1.807) is 0 Å². The lowest BCUT2D eigenvalue weighted by Crippen LogP contribution is -2.21. The zero-order chi connectivity index (χ0) is 8.72. The van der Waals surface area contributed by atoms with Gasteiger partial charge in [0.2, 0.25) is 0 Å². The second-order valence-electron chi connectivity index (χ2n) is 2.24. The Morgan fingerprint density at radius 1 is 0.769 bits per heavy atom. The third-order valence-corrected chi connectivity index (χ3v) is 1.42. The van der Waals surface area contributed by atoms with Crippen LogP contribution in [0.15, 0.2) is 14.4 Å². The Bertz CT molecular complexity index is 588. The molecule has 4 N–H and O–H groups in total.